The van der Waals surface area contributed by atoms with Crippen LogP contribution < -0.4 is 4.72 Å². The standard InChI is InChI=1S/C25H24F3N3O4S/c26-15-36(33,34)30-22-20(31(14-24(22)7-8-24)23(32)25(13-29)9-10-35-25)12-17-4-2-6-19(21(17)28)16-3-1-5-18(27)11-16/h1-6,11,20,22,30H,7-10,12,14-15H2/t20-,22+,25-/m0/s1. The predicted molar refractivity (Wildman–Crippen MR) is 123 cm³/mol. The van der Waals surface area contributed by atoms with Gasteiger partial charge in [-0.2, -0.15) is 5.26 Å². The molecule has 1 amide bonds. The maximum absolute atomic E-state index is 15.7. The van der Waals surface area contributed by atoms with E-state index in [1.165, 1.54) is 35.2 Å². The highest BCUT2D eigenvalue weighted by Gasteiger charge is 2.64. The number of nitrogens with one attached hydrogen (secondary N) is 1. The van der Waals surface area contributed by atoms with Crippen molar-refractivity contribution in [1.82, 2.24) is 9.62 Å². The number of nitriles is 1. The van der Waals surface area contributed by atoms with E-state index in [4.69, 9.17) is 4.74 Å². The lowest BCUT2D eigenvalue weighted by atomic mass is 9.90. The van der Waals surface area contributed by atoms with Gasteiger partial charge in [0.15, 0.2) is 0 Å². The number of amides is 1. The van der Waals surface area contributed by atoms with Crippen LogP contribution in [0.3, 0.4) is 0 Å². The number of nitrogens with zero attached hydrogens (tertiary/aromatic N) is 2. The Hall–Kier alpha value is -2.94. The molecule has 1 saturated carbocycles. The SMILES string of the molecule is N#C[C@]1(C(=O)N2CC3(CC3)[C@H](NS(=O)(=O)CF)[C@@H]2Cc2cccc(-c3cccc(F)c3)c2F)CCO1. The van der Waals surface area contributed by atoms with E-state index in [0.29, 0.717) is 18.4 Å². The molecule has 2 aromatic rings. The first kappa shape index (κ1) is 24.7. The Labute approximate surface area is 206 Å². The number of alkyl halides is 1. The third-order valence-corrected chi connectivity index (χ3v) is 8.41. The van der Waals surface area contributed by atoms with Crippen molar-refractivity contribution in [2.75, 3.05) is 19.2 Å². The summed E-state index contributed by atoms with van der Waals surface area (Å²) in [6, 6.07) is 8.64. The first-order valence-corrected chi connectivity index (χ1v) is 13.2. The number of carbonyl (C=O) groups excluding carboxylic acids is 1. The molecule has 11 heteroatoms. The summed E-state index contributed by atoms with van der Waals surface area (Å²) in [6.07, 6.45) is 1.30. The Morgan fingerprint density at radius 1 is 1.19 bits per heavy atom. The fourth-order valence-corrected chi connectivity index (χ4v) is 6.19. The largest absolute Gasteiger partial charge is 0.352 e. The maximum Gasteiger partial charge on any atom is 0.270 e. The molecular weight excluding hydrogens is 495 g/mol. The molecule has 1 spiro atoms. The molecule has 5 rings (SSSR count). The number of halogens is 3. The van der Waals surface area contributed by atoms with Gasteiger partial charge in [0.05, 0.1) is 12.6 Å². The second-order valence-corrected chi connectivity index (χ2v) is 11.4. The number of hydrogen-bond acceptors (Lipinski definition) is 5. The van der Waals surface area contributed by atoms with Crippen molar-refractivity contribution in [3.63, 3.8) is 0 Å². The van der Waals surface area contributed by atoms with Crippen molar-refractivity contribution in [3.05, 3.63) is 59.7 Å². The summed E-state index contributed by atoms with van der Waals surface area (Å²) in [4.78, 5) is 14.9. The smallest absolute Gasteiger partial charge is 0.270 e. The number of carbonyl (C=O) groups is 1. The lowest BCUT2D eigenvalue weighted by Gasteiger charge is -2.39. The molecule has 7 nitrogen and oxygen atoms in total. The van der Waals surface area contributed by atoms with E-state index in [2.05, 4.69) is 4.72 Å². The Morgan fingerprint density at radius 2 is 1.92 bits per heavy atom. The Morgan fingerprint density at radius 3 is 2.50 bits per heavy atom. The van der Waals surface area contributed by atoms with Crippen LogP contribution in [0.5, 0.6) is 0 Å². The van der Waals surface area contributed by atoms with Crippen molar-refractivity contribution < 1.29 is 31.1 Å². The highest BCUT2D eigenvalue weighted by molar-refractivity contribution is 7.89. The van der Waals surface area contributed by atoms with E-state index in [1.807, 2.05) is 6.07 Å². The molecule has 1 aliphatic carbocycles. The van der Waals surface area contributed by atoms with E-state index < -0.39 is 56.7 Å². The molecule has 3 atom stereocenters. The zero-order valence-corrected chi connectivity index (χ0v) is 20.0. The number of benzene rings is 2. The van der Waals surface area contributed by atoms with Crippen LogP contribution in [0.2, 0.25) is 0 Å². The van der Waals surface area contributed by atoms with Crippen LogP contribution in [0.4, 0.5) is 13.2 Å². The average molecular weight is 520 g/mol. The van der Waals surface area contributed by atoms with Crippen molar-refractivity contribution in [3.8, 4) is 17.2 Å². The van der Waals surface area contributed by atoms with Gasteiger partial charge in [-0.15, -0.1) is 0 Å². The summed E-state index contributed by atoms with van der Waals surface area (Å²) in [5, 5.41) is 9.63. The zero-order chi connectivity index (χ0) is 25.7. The molecule has 0 bridgehead atoms. The molecule has 0 radical (unpaired) electrons. The normalized spacial score (nSPS) is 26.4. The first-order valence-electron chi connectivity index (χ1n) is 11.6. The van der Waals surface area contributed by atoms with Gasteiger partial charge in [-0.3, -0.25) is 4.79 Å². The van der Waals surface area contributed by atoms with Gasteiger partial charge in [0.1, 0.15) is 17.7 Å². The minimum atomic E-state index is -4.29. The van der Waals surface area contributed by atoms with Gasteiger partial charge in [0.2, 0.25) is 21.6 Å². The molecule has 3 fully saturated rings. The van der Waals surface area contributed by atoms with Gasteiger partial charge in [-0.1, -0.05) is 30.3 Å². The number of likely N-dealkylation sites (tertiary alicyclic amines) is 1. The van der Waals surface area contributed by atoms with Crippen LogP contribution in [0.25, 0.3) is 11.1 Å². The molecule has 1 N–H and O–H groups in total. The van der Waals surface area contributed by atoms with E-state index in [0.717, 1.165) is 0 Å². The zero-order valence-electron chi connectivity index (χ0n) is 19.2. The average Bonchev–Trinajstić information content (AvgIpc) is 3.55. The Bertz CT molecular complexity index is 1350. The number of ether oxygens (including phenoxy) is 1. The quantitative estimate of drug-likeness (QED) is 0.606. The summed E-state index contributed by atoms with van der Waals surface area (Å²) in [7, 11) is -4.29. The van der Waals surface area contributed by atoms with E-state index in [9.17, 15) is 27.3 Å². The summed E-state index contributed by atoms with van der Waals surface area (Å²) in [5.74, 6) is -1.76. The number of sulfonamides is 1. The lowest BCUT2D eigenvalue weighted by molar-refractivity contribution is -0.172. The van der Waals surface area contributed by atoms with E-state index in [1.54, 1.807) is 12.1 Å². The van der Waals surface area contributed by atoms with Crippen LogP contribution in [0, 0.1) is 28.4 Å². The molecule has 2 heterocycles. The molecule has 190 valence electrons. The molecule has 0 unspecified atom stereocenters. The van der Waals surface area contributed by atoms with Crippen molar-refractivity contribution >= 4 is 15.9 Å². The van der Waals surface area contributed by atoms with Crippen LogP contribution in [0.1, 0.15) is 24.8 Å². The minimum absolute atomic E-state index is 0.0938. The van der Waals surface area contributed by atoms with Crippen LogP contribution in [-0.2, 0) is 26.0 Å². The number of hydrogen-bond donors (Lipinski definition) is 1. The second kappa shape index (κ2) is 8.87. The third kappa shape index (κ3) is 4.17. The van der Waals surface area contributed by atoms with Crippen LogP contribution in [0.15, 0.2) is 42.5 Å². The van der Waals surface area contributed by atoms with Crippen molar-refractivity contribution in [2.24, 2.45) is 5.41 Å². The van der Waals surface area contributed by atoms with Gasteiger partial charge in [-0.05, 0) is 42.5 Å². The molecule has 3 aliphatic rings. The minimum Gasteiger partial charge on any atom is -0.352 e. The summed E-state index contributed by atoms with van der Waals surface area (Å²) in [5.41, 5.74) is -1.62. The van der Waals surface area contributed by atoms with Gasteiger partial charge < -0.3 is 9.64 Å². The third-order valence-electron chi connectivity index (χ3n) is 7.51. The molecule has 0 aromatic heterocycles. The highest BCUT2D eigenvalue weighted by Crippen LogP contribution is 2.56. The molecular formula is C25H24F3N3O4S. The summed E-state index contributed by atoms with van der Waals surface area (Å²) >= 11 is 0. The maximum atomic E-state index is 15.7. The Balaban J connectivity index is 1.54. The number of rotatable bonds is 7. The molecule has 36 heavy (non-hydrogen) atoms. The molecule has 2 saturated heterocycles. The topological polar surface area (TPSA) is 99.5 Å². The fourth-order valence-electron chi connectivity index (χ4n) is 5.34. The molecule has 2 aliphatic heterocycles. The fraction of sp³-hybridized carbons (Fsp3) is 0.440. The molecule has 2 aromatic carbocycles. The lowest BCUT2D eigenvalue weighted by Crippen LogP contribution is -2.59. The van der Waals surface area contributed by atoms with Crippen LogP contribution >= 0.6 is 0 Å². The predicted octanol–water partition coefficient (Wildman–Crippen LogP) is 3.06. The van der Waals surface area contributed by atoms with Crippen molar-refractivity contribution in [1.29, 1.82) is 5.26 Å². The van der Waals surface area contributed by atoms with Gasteiger partial charge in [0.25, 0.3) is 5.91 Å². The van der Waals surface area contributed by atoms with Gasteiger partial charge >= 0.3 is 0 Å². The van der Waals surface area contributed by atoms with Crippen LogP contribution in [-0.4, -0.2) is 56.1 Å². The summed E-state index contributed by atoms with van der Waals surface area (Å²) < 4.78 is 74.9. The highest BCUT2D eigenvalue weighted by atomic mass is 32.2. The monoisotopic (exact) mass is 519 g/mol. The van der Waals surface area contributed by atoms with Gasteiger partial charge in [-0.25, -0.2) is 26.3 Å². The van der Waals surface area contributed by atoms with E-state index >= 15 is 4.39 Å². The van der Waals surface area contributed by atoms with Crippen molar-refractivity contribution in [2.45, 2.75) is 43.4 Å². The first-order chi connectivity index (χ1) is 17.1. The second-order valence-electron chi connectivity index (χ2n) is 9.71. The Kier molecular flexibility index (Phi) is 6.09. The summed E-state index contributed by atoms with van der Waals surface area (Å²) in [6.45, 7) is 0.388. The van der Waals surface area contributed by atoms with E-state index in [-0.39, 0.29) is 37.1 Å². The van der Waals surface area contributed by atoms with Gasteiger partial charge in [0, 0.05) is 30.0 Å².